The Kier molecular flexibility index (Phi) is 4.82. The molecule has 0 spiro atoms. The molecule has 0 saturated heterocycles. The van der Waals surface area contributed by atoms with Gasteiger partial charge in [-0.05, 0) is 42.6 Å². The van der Waals surface area contributed by atoms with Gasteiger partial charge in [0.05, 0.1) is 22.3 Å². The van der Waals surface area contributed by atoms with Crippen LogP contribution in [0.3, 0.4) is 0 Å². The summed E-state index contributed by atoms with van der Waals surface area (Å²) < 4.78 is 1.65. The maximum atomic E-state index is 12.7. The highest BCUT2D eigenvalue weighted by atomic mass is 32.1. The first-order valence-electron chi connectivity index (χ1n) is 8.62. The Hall–Kier alpha value is -3.58. The van der Waals surface area contributed by atoms with Crippen LogP contribution in [0.5, 0.6) is 0 Å². The zero-order chi connectivity index (χ0) is 19.5. The van der Waals surface area contributed by atoms with Crippen molar-refractivity contribution in [3.8, 4) is 11.3 Å². The first-order chi connectivity index (χ1) is 13.7. The van der Waals surface area contributed by atoms with E-state index < -0.39 is 0 Å². The van der Waals surface area contributed by atoms with E-state index in [1.807, 2.05) is 41.8 Å². The Morgan fingerprint density at radius 1 is 1.18 bits per heavy atom. The van der Waals surface area contributed by atoms with E-state index in [0.717, 1.165) is 11.3 Å². The zero-order valence-corrected chi connectivity index (χ0v) is 15.8. The third-order valence-corrected chi connectivity index (χ3v) is 5.00. The van der Waals surface area contributed by atoms with E-state index in [9.17, 15) is 9.59 Å². The van der Waals surface area contributed by atoms with Crippen LogP contribution in [-0.2, 0) is 4.79 Å². The summed E-state index contributed by atoms with van der Waals surface area (Å²) in [5, 5.41) is 9.07. The zero-order valence-electron chi connectivity index (χ0n) is 15.0. The molecule has 0 radical (unpaired) electrons. The molecule has 0 aliphatic rings. The van der Waals surface area contributed by atoms with Gasteiger partial charge in [0, 0.05) is 17.4 Å². The average molecular weight is 388 g/mol. The Morgan fingerprint density at radius 2 is 2.07 bits per heavy atom. The minimum absolute atomic E-state index is 0.0954. The van der Waals surface area contributed by atoms with Crippen molar-refractivity contribution in [2.24, 2.45) is 0 Å². The molecule has 1 aromatic carbocycles. The number of carbonyl (C=O) groups is 2. The van der Waals surface area contributed by atoms with Crippen LogP contribution < -0.4 is 5.32 Å². The molecule has 1 amide bonds. The molecule has 3 aromatic heterocycles. The van der Waals surface area contributed by atoms with Gasteiger partial charge in [0.15, 0.2) is 5.65 Å². The molecular formula is C21H16N4O2S. The number of nitrogens with zero attached hydrogens (tertiary/aromatic N) is 3. The maximum Gasteiger partial charge on any atom is 0.248 e. The first-order valence-corrected chi connectivity index (χ1v) is 9.50. The summed E-state index contributed by atoms with van der Waals surface area (Å²) in [7, 11) is 0. The van der Waals surface area contributed by atoms with Gasteiger partial charge < -0.3 is 5.32 Å². The van der Waals surface area contributed by atoms with Crippen molar-refractivity contribution in [1.82, 2.24) is 14.6 Å². The van der Waals surface area contributed by atoms with E-state index in [2.05, 4.69) is 15.4 Å². The average Bonchev–Trinajstić information content (AvgIpc) is 3.38. The van der Waals surface area contributed by atoms with E-state index in [0.29, 0.717) is 21.8 Å². The van der Waals surface area contributed by atoms with Crippen molar-refractivity contribution in [1.29, 1.82) is 0 Å². The summed E-state index contributed by atoms with van der Waals surface area (Å²) in [6.45, 7) is 1.79. The molecule has 0 aliphatic carbocycles. The largest absolute Gasteiger partial charge is 0.323 e. The molecule has 4 aromatic rings. The van der Waals surface area contributed by atoms with Crippen LogP contribution in [0, 0.1) is 0 Å². The minimum Gasteiger partial charge on any atom is -0.323 e. The molecule has 0 bridgehead atoms. The molecular weight excluding hydrogens is 372 g/mol. The van der Waals surface area contributed by atoms with E-state index in [1.54, 1.807) is 36.0 Å². The van der Waals surface area contributed by atoms with Crippen LogP contribution in [0.4, 0.5) is 5.69 Å². The van der Waals surface area contributed by atoms with Gasteiger partial charge in [-0.3, -0.25) is 9.59 Å². The Labute approximate surface area is 165 Å². The van der Waals surface area contributed by atoms with Crippen LogP contribution in [-0.4, -0.2) is 26.3 Å². The number of hydrogen-bond donors (Lipinski definition) is 1. The summed E-state index contributed by atoms with van der Waals surface area (Å²) in [6.07, 6.45) is 6.35. The van der Waals surface area contributed by atoms with Gasteiger partial charge in [0.2, 0.25) is 11.7 Å². The van der Waals surface area contributed by atoms with Crippen LogP contribution in [0.2, 0.25) is 0 Å². The molecule has 0 unspecified atom stereocenters. The topological polar surface area (TPSA) is 76.4 Å². The van der Waals surface area contributed by atoms with Gasteiger partial charge in [-0.15, -0.1) is 11.3 Å². The second-order valence-corrected chi connectivity index (χ2v) is 6.95. The van der Waals surface area contributed by atoms with Crippen LogP contribution in [0.1, 0.15) is 22.2 Å². The van der Waals surface area contributed by atoms with E-state index in [1.165, 1.54) is 17.4 Å². The lowest BCUT2D eigenvalue weighted by Gasteiger charge is -2.08. The fraction of sp³-hybridized carbons (Fsp3) is 0.0476. The standard InChI is InChI=1S/C21H16N4O2S/c1-2-5-19(26)24-15-7-3-6-14(12-15)17-9-10-22-21-16(13-23-25(17)21)20(27)18-8-4-11-28-18/h2-13H,1H3,(H,24,26)/b5-2+. The summed E-state index contributed by atoms with van der Waals surface area (Å²) in [6, 6.07) is 12.9. The number of amides is 1. The molecule has 0 saturated carbocycles. The molecule has 28 heavy (non-hydrogen) atoms. The van der Waals surface area contributed by atoms with Gasteiger partial charge >= 0.3 is 0 Å². The van der Waals surface area contributed by atoms with Gasteiger partial charge in [0.25, 0.3) is 0 Å². The van der Waals surface area contributed by atoms with E-state index in [-0.39, 0.29) is 11.7 Å². The quantitative estimate of drug-likeness (QED) is 0.411. The van der Waals surface area contributed by atoms with Crippen molar-refractivity contribution in [3.05, 3.63) is 82.8 Å². The highest BCUT2D eigenvalue weighted by Crippen LogP contribution is 2.25. The number of allylic oxidation sites excluding steroid dienone is 1. The Bertz CT molecular complexity index is 1190. The number of fused-ring (bicyclic) bond motifs is 1. The number of carbonyl (C=O) groups excluding carboxylic acids is 2. The molecule has 1 N–H and O–H groups in total. The number of nitrogens with one attached hydrogen (secondary N) is 1. The number of rotatable bonds is 5. The number of anilines is 1. The molecule has 0 atom stereocenters. The second kappa shape index (κ2) is 7.58. The maximum absolute atomic E-state index is 12.7. The predicted octanol–water partition coefficient (Wildman–Crippen LogP) is 4.20. The highest BCUT2D eigenvalue weighted by Gasteiger charge is 2.18. The smallest absolute Gasteiger partial charge is 0.248 e. The molecule has 7 heteroatoms. The number of hydrogen-bond acceptors (Lipinski definition) is 5. The molecule has 0 aliphatic heterocycles. The molecule has 0 fully saturated rings. The van der Waals surface area contributed by atoms with Crippen molar-refractivity contribution < 1.29 is 9.59 Å². The van der Waals surface area contributed by atoms with Gasteiger partial charge in [-0.2, -0.15) is 5.10 Å². The molecule has 4 rings (SSSR count). The van der Waals surface area contributed by atoms with E-state index in [4.69, 9.17) is 0 Å². The van der Waals surface area contributed by atoms with Crippen LogP contribution >= 0.6 is 11.3 Å². The summed E-state index contributed by atoms with van der Waals surface area (Å²) >= 11 is 1.39. The lowest BCUT2D eigenvalue weighted by atomic mass is 10.1. The number of ketones is 1. The fourth-order valence-electron chi connectivity index (χ4n) is 2.90. The lowest BCUT2D eigenvalue weighted by Crippen LogP contribution is -2.07. The number of aromatic nitrogens is 3. The van der Waals surface area contributed by atoms with E-state index >= 15 is 0 Å². The predicted molar refractivity (Wildman–Crippen MR) is 110 cm³/mol. The van der Waals surface area contributed by atoms with Crippen molar-refractivity contribution in [3.63, 3.8) is 0 Å². The first kappa shape index (κ1) is 17.8. The Balaban J connectivity index is 1.74. The van der Waals surface area contributed by atoms with Crippen molar-refractivity contribution in [2.45, 2.75) is 6.92 Å². The SMILES string of the molecule is C/C=C/C(=O)Nc1cccc(-c2ccnc3c(C(=O)c4cccs4)cnn23)c1. The molecule has 3 heterocycles. The monoisotopic (exact) mass is 388 g/mol. The molecule has 138 valence electrons. The van der Waals surface area contributed by atoms with Gasteiger partial charge in [-0.25, -0.2) is 9.50 Å². The van der Waals surface area contributed by atoms with Crippen molar-refractivity contribution in [2.75, 3.05) is 5.32 Å². The normalized spacial score (nSPS) is 11.2. The number of thiophene rings is 1. The minimum atomic E-state index is -0.192. The lowest BCUT2D eigenvalue weighted by molar-refractivity contribution is -0.111. The van der Waals surface area contributed by atoms with Gasteiger partial charge in [-0.1, -0.05) is 24.3 Å². The fourth-order valence-corrected chi connectivity index (χ4v) is 3.58. The summed E-state index contributed by atoms with van der Waals surface area (Å²) in [4.78, 5) is 29.5. The third kappa shape index (κ3) is 3.35. The third-order valence-electron chi connectivity index (χ3n) is 4.13. The van der Waals surface area contributed by atoms with Crippen LogP contribution in [0.25, 0.3) is 16.9 Å². The number of benzene rings is 1. The summed E-state index contributed by atoms with van der Waals surface area (Å²) in [5.74, 6) is -0.288. The summed E-state index contributed by atoms with van der Waals surface area (Å²) in [5.41, 5.74) is 3.26. The second-order valence-electron chi connectivity index (χ2n) is 6.00. The Morgan fingerprint density at radius 3 is 2.86 bits per heavy atom. The highest BCUT2D eigenvalue weighted by molar-refractivity contribution is 7.12. The molecule has 6 nitrogen and oxygen atoms in total. The van der Waals surface area contributed by atoms with Crippen molar-refractivity contribution >= 4 is 34.4 Å². The van der Waals surface area contributed by atoms with Gasteiger partial charge in [0.1, 0.15) is 0 Å². The van der Waals surface area contributed by atoms with Crippen LogP contribution in [0.15, 0.2) is 72.4 Å².